The van der Waals surface area contributed by atoms with Gasteiger partial charge in [0.2, 0.25) is 10.0 Å². The summed E-state index contributed by atoms with van der Waals surface area (Å²) in [6.45, 7) is 10.6. The number of anilines is 1. The highest BCUT2D eigenvalue weighted by Gasteiger charge is 2.48. The molecule has 2 fully saturated rings. The number of sulfonamides is 1. The van der Waals surface area contributed by atoms with Crippen LogP contribution in [0, 0.1) is 19.3 Å². The minimum absolute atomic E-state index is 0.0240. The lowest BCUT2D eigenvalue weighted by Gasteiger charge is -2.54. The lowest BCUT2D eigenvalue weighted by molar-refractivity contribution is 0.108. The molecule has 10 nitrogen and oxygen atoms in total. The first kappa shape index (κ1) is 26.6. The van der Waals surface area contributed by atoms with Crippen LogP contribution in [0.15, 0.2) is 42.7 Å². The van der Waals surface area contributed by atoms with E-state index in [2.05, 4.69) is 25.3 Å². The van der Waals surface area contributed by atoms with Crippen LogP contribution in [0.4, 0.5) is 5.82 Å². The van der Waals surface area contributed by atoms with E-state index < -0.39 is 10.0 Å². The Morgan fingerprint density at radius 3 is 2.67 bits per heavy atom. The molecule has 0 aliphatic carbocycles. The van der Waals surface area contributed by atoms with Gasteiger partial charge in [-0.1, -0.05) is 0 Å². The Morgan fingerprint density at radius 1 is 1.12 bits per heavy atom. The lowest BCUT2D eigenvalue weighted by atomic mass is 9.74. The topological polar surface area (TPSA) is 117 Å². The molecule has 3 aromatic heterocycles. The molecule has 1 N–H and O–H groups in total. The van der Waals surface area contributed by atoms with Crippen LogP contribution in [-0.2, 0) is 10.0 Å². The maximum absolute atomic E-state index is 12.4. The van der Waals surface area contributed by atoms with Crippen LogP contribution in [-0.4, -0.2) is 70.0 Å². The number of benzene rings is 1. The summed E-state index contributed by atoms with van der Waals surface area (Å²) >= 11 is 0. The Kier molecular flexibility index (Phi) is 6.74. The maximum Gasteiger partial charge on any atom is 0.213 e. The van der Waals surface area contributed by atoms with Crippen LogP contribution in [0.25, 0.3) is 22.2 Å². The first-order valence-electron chi connectivity index (χ1n) is 13.8. The van der Waals surface area contributed by atoms with E-state index in [1.165, 1.54) is 0 Å². The minimum Gasteiger partial charge on any atom is -0.486 e. The second kappa shape index (κ2) is 10.1. The molecule has 4 aromatic rings. The normalized spacial score (nSPS) is 18.1. The van der Waals surface area contributed by atoms with Crippen molar-refractivity contribution in [2.75, 3.05) is 36.8 Å². The number of piperidine rings is 1. The molecule has 5 heterocycles. The van der Waals surface area contributed by atoms with Gasteiger partial charge >= 0.3 is 0 Å². The third-order valence-electron chi connectivity index (χ3n) is 8.31. The van der Waals surface area contributed by atoms with Crippen molar-refractivity contribution in [3.05, 3.63) is 59.5 Å². The molecule has 40 heavy (non-hydrogen) atoms. The Hall–Kier alpha value is -3.57. The van der Waals surface area contributed by atoms with E-state index >= 15 is 0 Å². The number of hydrogen-bond donors (Lipinski definition) is 1. The zero-order chi connectivity index (χ0) is 28.1. The summed E-state index contributed by atoms with van der Waals surface area (Å²) in [5, 5.41) is 16.9. The van der Waals surface area contributed by atoms with Crippen molar-refractivity contribution < 1.29 is 13.2 Å². The monoisotopic (exact) mass is 561 g/mol. The zero-order valence-electron chi connectivity index (χ0n) is 23.4. The summed E-state index contributed by atoms with van der Waals surface area (Å²) in [7, 11) is -3.15. The Balaban J connectivity index is 1.17. The molecule has 6 rings (SSSR count). The van der Waals surface area contributed by atoms with Gasteiger partial charge in [-0.3, -0.25) is 5.10 Å². The fraction of sp³-hybridized carbons (Fsp3) is 0.448. The molecular weight excluding hydrogens is 526 g/mol. The number of rotatable bonds is 7. The minimum atomic E-state index is -3.15. The number of pyridine rings is 1. The van der Waals surface area contributed by atoms with Crippen molar-refractivity contribution in [3.63, 3.8) is 0 Å². The van der Waals surface area contributed by atoms with Crippen LogP contribution >= 0.6 is 0 Å². The molecule has 1 spiro atoms. The molecule has 2 aliphatic heterocycles. The van der Waals surface area contributed by atoms with Gasteiger partial charge < -0.3 is 9.64 Å². The Morgan fingerprint density at radius 2 is 1.95 bits per heavy atom. The summed E-state index contributed by atoms with van der Waals surface area (Å²) in [6.07, 6.45) is 5.40. The van der Waals surface area contributed by atoms with Crippen molar-refractivity contribution >= 4 is 26.7 Å². The van der Waals surface area contributed by atoms with E-state index in [0.29, 0.717) is 13.1 Å². The highest BCUT2D eigenvalue weighted by Crippen LogP contribution is 2.42. The van der Waals surface area contributed by atoms with Crippen molar-refractivity contribution in [1.82, 2.24) is 29.7 Å². The van der Waals surface area contributed by atoms with Crippen LogP contribution in [0.1, 0.15) is 49.6 Å². The zero-order valence-corrected chi connectivity index (χ0v) is 24.2. The van der Waals surface area contributed by atoms with E-state index in [4.69, 9.17) is 9.72 Å². The first-order chi connectivity index (χ1) is 19.2. The maximum atomic E-state index is 12.4. The molecule has 2 aliphatic rings. The molecule has 2 saturated heterocycles. The SMILES string of the molecule is CCS(=O)(=O)N1CCCC2(CN(c3ccc(-c4n[nH]c5ccc(O[C@H](C)c6c(C)cnnc6C)cc45)cn3)C2)C1. The quantitative estimate of drug-likeness (QED) is 0.352. The fourth-order valence-electron chi connectivity index (χ4n) is 6.25. The van der Waals surface area contributed by atoms with Gasteiger partial charge in [0.1, 0.15) is 23.4 Å². The molecule has 0 unspecified atom stereocenters. The van der Waals surface area contributed by atoms with Crippen molar-refractivity contribution in [3.8, 4) is 17.0 Å². The molecule has 1 atom stereocenters. The van der Waals surface area contributed by atoms with E-state index in [1.807, 2.05) is 57.3 Å². The van der Waals surface area contributed by atoms with Gasteiger partial charge in [0, 0.05) is 54.3 Å². The van der Waals surface area contributed by atoms with Gasteiger partial charge in [-0.25, -0.2) is 17.7 Å². The van der Waals surface area contributed by atoms with Gasteiger partial charge in [0.15, 0.2) is 0 Å². The van der Waals surface area contributed by atoms with Gasteiger partial charge in [-0.15, -0.1) is 0 Å². The van der Waals surface area contributed by atoms with Gasteiger partial charge in [0.05, 0.1) is 23.2 Å². The molecule has 0 bridgehead atoms. The standard InChI is InChI=1S/C29H35N7O3S/c1-5-40(37,38)36-12-6-11-29(18-36)16-35(17-29)26-10-7-22(15-30-26)28-24-13-23(8-9-25(24)33-34-28)39-21(4)27-19(2)14-31-32-20(27)3/h7-10,13-15,21H,5-6,11-12,16-18H2,1-4H3,(H,33,34)/t21-/m1/s1. The summed E-state index contributed by atoms with van der Waals surface area (Å²) in [4.78, 5) is 6.99. The predicted octanol–water partition coefficient (Wildman–Crippen LogP) is 4.42. The molecule has 0 saturated carbocycles. The highest BCUT2D eigenvalue weighted by atomic mass is 32.2. The Labute approximate surface area is 234 Å². The van der Waals surface area contributed by atoms with Gasteiger partial charge in [-0.2, -0.15) is 15.3 Å². The number of aromatic nitrogens is 5. The molecule has 11 heteroatoms. The van der Waals surface area contributed by atoms with E-state index in [9.17, 15) is 8.42 Å². The number of ether oxygens (including phenoxy) is 1. The third-order valence-corrected chi connectivity index (χ3v) is 10.1. The van der Waals surface area contributed by atoms with Crippen molar-refractivity contribution in [1.29, 1.82) is 0 Å². The average Bonchev–Trinajstić information content (AvgIpc) is 3.35. The number of nitrogens with one attached hydrogen (secondary N) is 1. The van der Waals surface area contributed by atoms with Crippen LogP contribution in [0.5, 0.6) is 5.75 Å². The van der Waals surface area contributed by atoms with E-state index in [1.54, 1.807) is 17.4 Å². The summed E-state index contributed by atoms with van der Waals surface area (Å²) < 4.78 is 32.8. The molecule has 1 aromatic carbocycles. The van der Waals surface area contributed by atoms with Crippen LogP contribution in [0.2, 0.25) is 0 Å². The van der Waals surface area contributed by atoms with E-state index in [0.717, 1.165) is 76.5 Å². The summed E-state index contributed by atoms with van der Waals surface area (Å²) in [5.41, 5.74) is 5.64. The van der Waals surface area contributed by atoms with Crippen LogP contribution < -0.4 is 9.64 Å². The number of H-pyrrole nitrogens is 1. The number of aromatic amines is 1. The van der Waals surface area contributed by atoms with Crippen LogP contribution in [0.3, 0.4) is 0 Å². The lowest BCUT2D eigenvalue weighted by Crippen LogP contribution is -2.64. The number of hydrogen-bond acceptors (Lipinski definition) is 8. The highest BCUT2D eigenvalue weighted by molar-refractivity contribution is 7.89. The molecule has 0 radical (unpaired) electrons. The fourth-order valence-corrected chi connectivity index (χ4v) is 7.50. The van der Waals surface area contributed by atoms with E-state index in [-0.39, 0.29) is 17.3 Å². The second-order valence-electron chi connectivity index (χ2n) is 11.2. The molecular formula is C29H35N7O3S. The molecule has 210 valence electrons. The smallest absolute Gasteiger partial charge is 0.213 e. The van der Waals surface area contributed by atoms with Gasteiger partial charge in [0.25, 0.3) is 0 Å². The third kappa shape index (κ3) is 4.81. The Bertz CT molecular complexity index is 1630. The largest absolute Gasteiger partial charge is 0.486 e. The van der Waals surface area contributed by atoms with Gasteiger partial charge in [-0.05, 0) is 76.4 Å². The number of nitrogens with zero attached hydrogens (tertiary/aromatic N) is 6. The first-order valence-corrected chi connectivity index (χ1v) is 15.4. The number of aryl methyl sites for hydroxylation is 2. The molecule has 0 amide bonds. The second-order valence-corrected chi connectivity index (χ2v) is 13.4. The predicted molar refractivity (Wildman–Crippen MR) is 155 cm³/mol. The summed E-state index contributed by atoms with van der Waals surface area (Å²) in [5.74, 6) is 1.81. The number of fused-ring (bicyclic) bond motifs is 1. The summed E-state index contributed by atoms with van der Waals surface area (Å²) in [6, 6.07) is 10.0. The van der Waals surface area contributed by atoms with Crippen molar-refractivity contribution in [2.24, 2.45) is 5.41 Å². The average molecular weight is 562 g/mol. The van der Waals surface area contributed by atoms with Crippen molar-refractivity contribution in [2.45, 2.75) is 46.6 Å².